The van der Waals surface area contributed by atoms with Gasteiger partial charge in [0, 0.05) is 22.1 Å². The summed E-state index contributed by atoms with van der Waals surface area (Å²) < 4.78 is 19.2. The average Bonchev–Trinajstić information content (AvgIpc) is 3.46. The van der Waals surface area contributed by atoms with E-state index in [0.717, 1.165) is 22.4 Å². The zero-order valence-electron chi connectivity index (χ0n) is 16.6. The molecule has 6 nitrogen and oxygen atoms in total. The Balaban J connectivity index is 1.71. The molecule has 4 aromatic rings. The number of hydrogen-bond donors (Lipinski definition) is 2. The number of nitrogens with one attached hydrogen (secondary N) is 1. The summed E-state index contributed by atoms with van der Waals surface area (Å²) in [5.74, 6) is -1.42. The Morgan fingerprint density at radius 3 is 2.52 bits per heavy atom. The maximum atomic E-state index is 14.1. The van der Waals surface area contributed by atoms with Crippen molar-refractivity contribution in [1.29, 1.82) is 0 Å². The number of aliphatic carboxylic acids is 1. The van der Waals surface area contributed by atoms with Crippen molar-refractivity contribution in [2.24, 2.45) is 4.99 Å². The number of pyridine rings is 1. The number of aliphatic imine (C=N–C) groups is 1. The van der Waals surface area contributed by atoms with Crippen LogP contribution in [0, 0.1) is 5.82 Å². The van der Waals surface area contributed by atoms with Gasteiger partial charge in [0.05, 0.1) is 41.7 Å². The molecule has 0 saturated carbocycles. The lowest BCUT2D eigenvalue weighted by atomic mass is 9.97. The number of carbonyl (C=O) groups is 1. The summed E-state index contributed by atoms with van der Waals surface area (Å²) in [6.07, 6.45) is 3.30. The largest absolute Gasteiger partial charge is 0.480 e. The molecule has 0 fully saturated rings. The van der Waals surface area contributed by atoms with E-state index in [2.05, 4.69) is 10.3 Å². The standard InChI is InChI=1S/C24H18FN3O3/c1-13(24(29)30)27-23-18-10-17(25)6-7-19(18)28-22(21(23)20-11-26-20)15-4-2-14(3-5-15)16-8-9-31-12-16/h2-10,12-13H,11H2,1H3,(H,27,28)(H,29,30). The second-order valence-electron chi connectivity index (χ2n) is 7.43. The third-order valence-corrected chi connectivity index (χ3v) is 5.30. The highest BCUT2D eigenvalue weighted by Crippen LogP contribution is 2.38. The zero-order valence-corrected chi connectivity index (χ0v) is 16.6. The van der Waals surface area contributed by atoms with Crippen LogP contribution in [0.15, 0.2) is 70.5 Å². The second kappa shape index (κ2) is 7.36. The van der Waals surface area contributed by atoms with Crippen LogP contribution in [0.2, 0.25) is 0 Å². The van der Waals surface area contributed by atoms with Gasteiger partial charge in [-0.1, -0.05) is 24.3 Å². The molecule has 5 rings (SSSR count). The van der Waals surface area contributed by atoms with Gasteiger partial charge in [-0.15, -0.1) is 0 Å². The molecule has 0 amide bonds. The first-order valence-electron chi connectivity index (χ1n) is 9.80. The molecule has 2 aromatic carbocycles. The molecule has 7 heteroatoms. The van der Waals surface area contributed by atoms with E-state index in [1.807, 2.05) is 30.3 Å². The van der Waals surface area contributed by atoms with Crippen molar-refractivity contribution in [3.05, 3.63) is 72.4 Å². The third kappa shape index (κ3) is 3.54. The Morgan fingerprint density at radius 1 is 1.13 bits per heavy atom. The molecule has 2 aromatic heterocycles. The van der Waals surface area contributed by atoms with E-state index in [1.54, 1.807) is 25.5 Å². The Hall–Kier alpha value is -4.00. The summed E-state index contributed by atoms with van der Waals surface area (Å²) in [6.45, 7) is 2.09. The number of rotatable bonds is 6. The Morgan fingerprint density at radius 2 is 1.87 bits per heavy atom. The number of nitrogens with zero attached hydrogens (tertiary/aromatic N) is 2. The van der Waals surface area contributed by atoms with Gasteiger partial charge in [-0.3, -0.25) is 9.79 Å². The molecule has 1 unspecified atom stereocenters. The molecule has 0 bridgehead atoms. The van der Waals surface area contributed by atoms with Crippen LogP contribution in [0.25, 0.3) is 33.3 Å². The van der Waals surface area contributed by atoms with Crippen molar-refractivity contribution in [3.63, 3.8) is 0 Å². The first-order chi connectivity index (χ1) is 15.0. The molecule has 0 spiro atoms. The minimum absolute atomic E-state index is 0.416. The number of benzene rings is 2. The Bertz CT molecular complexity index is 1330. The van der Waals surface area contributed by atoms with Crippen LogP contribution >= 0.6 is 0 Å². The molecule has 0 saturated heterocycles. The van der Waals surface area contributed by atoms with Gasteiger partial charge in [-0.05, 0) is 36.8 Å². The molecule has 3 heterocycles. The van der Waals surface area contributed by atoms with Crippen LogP contribution < -0.4 is 5.32 Å². The molecule has 154 valence electrons. The van der Waals surface area contributed by atoms with E-state index in [4.69, 9.17) is 9.40 Å². The average molecular weight is 415 g/mol. The van der Waals surface area contributed by atoms with Crippen LogP contribution in [-0.2, 0) is 4.79 Å². The van der Waals surface area contributed by atoms with Gasteiger partial charge in [0.2, 0.25) is 0 Å². The van der Waals surface area contributed by atoms with Crippen molar-refractivity contribution >= 4 is 28.3 Å². The molecule has 1 atom stereocenters. The Kier molecular flexibility index (Phi) is 4.51. The molecule has 2 N–H and O–H groups in total. The topological polar surface area (TPSA) is 87.7 Å². The lowest BCUT2D eigenvalue weighted by Gasteiger charge is -2.19. The van der Waals surface area contributed by atoms with Crippen LogP contribution in [0.4, 0.5) is 10.1 Å². The summed E-state index contributed by atoms with van der Waals surface area (Å²) >= 11 is 0. The normalized spacial score (nSPS) is 13.7. The molecule has 1 aliphatic rings. The van der Waals surface area contributed by atoms with Gasteiger partial charge in [0.1, 0.15) is 11.9 Å². The second-order valence-corrected chi connectivity index (χ2v) is 7.43. The lowest BCUT2D eigenvalue weighted by Crippen LogP contribution is -2.26. The van der Waals surface area contributed by atoms with Crippen molar-refractivity contribution in [1.82, 2.24) is 4.98 Å². The van der Waals surface area contributed by atoms with E-state index in [1.165, 1.54) is 12.1 Å². The van der Waals surface area contributed by atoms with Gasteiger partial charge in [-0.25, -0.2) is 9.37 Å². The number of halogens is 1. The van der Waals surface area contributed by atoms with E-state index >= 15 is 0 Å². The Labute approximate surface area is 177 Å². The fourth-order valence-corrected chi connectivity index (χ4v) is 3.60. The number of anilines is 1. The molecule has 0 aliphatic carbocycles. The number of carboxylic acids is 1. The number of carboxylic acid groups (broad SMARTS) is 1. The molecular formula is C24H18FN3O3. The highest BCUT2D eigenvalue weighted by Gasteiger charge is 2.27. The fraction of sp³-hybridized carbons (Fsp3) is 0.125. The van der Waals surface area contributed by atoms with E-state index in [0.29, 0.717) is 34.4 Å². The predicted molar refractivity (Wildman–Crippen MR) is 117 cm³/mol. The lowest BCUT2D eigenvalue weighted by molar-refractivity contribution is -0.137. The van der Waals surface area contributed by atoms with E-state index in [-0.39, 0.29) is 0 Å². The quantitative estimate of drug-likeness (QED) is 0.463. The predicted octanol–water partition coefficient (Wildman–Crippen LogP) is 4.99. The van der Waals surface area contributed by atoms with Gasteiger partial charge in [-0.2, -0.15) is 0 Å². The first kappa shape index (κ1) is 19.0. The van der Waals surface area contributed by atoms with E-state index in [9.17, 15) is 14.3 Å². The smallest absolute Gasteiger partial charge is 0.325 e. The minimum Gasteiger partial charge on any atom is -0.480 e. The molecular weight excluding hydrogens is 397 g/mol. The summed E-state index contributed by atoms with van der Waals surface area (Å²) in [4.78, 5) is 20.7. The summed E-state index contributed by atoms with van der Waals surface area (Å²) in [7, 11) is 0. The zero-order chi connectivity index (χ0) is 21.5. The van der Waals surface area contributed by atoms with E-state index < -0.39 is 17.8 Å². The summed E-state index contributed by atoms with van der Waals surface area (Å²) in [5.41, 5.74) is 6.13. The first-order valence-corrected chi connectivity index (χ1v) is 9.80. The van der Waals surface area contributed by atoms with Crippen molar-refractivity contribution in [2.45, 2.75) is 13.0 Å². The van der Waals surface area contributed by atoms with Crippen molar-refractivity contribution < 1.29 is 18.7 Å². The van der Waals surface area contributed by atoms with Crippen molar-refractivity contribution in [2.75, 3.05) is 11.9 Å². The fourth-order valence-electron chi connectivity index (χ4n) is 3.60. The van der Waals surface area contributed by atoms with Crippen LogP contribution in [0.5, 0.6) is 0 Å². The third-order valence-electron chi connectivity index (χ3n) is 5.30. The monoisotopic (exact) mass is 415 g/mol. The summed E-state index contributed by atoms with van der Waals surface area (Å²) in [5, 5.41) is 13.0. The highest BCUT2D eigenvalue weighted by molar-refractivity contribution is 6.21. The van der Waals surface area contributed by atoms with Crippen LogP contribution in [0.1, 0.15) is 12.5 Å². The van der Waals surface area contributed by atoms with Gasteiger partial charge >= 0.3 is 5.97 Å². The molecule has 0 radical (unpaired) electrons. The maximum absolute atomic E-state index is 14.1. The number of hydrogen-bond acceptors (Lipinski definition) is 5. The van der Waals surface area contributed by atoms with Gasteiger partial charge in [0.15, 0.2) is 0 Å². The maximum Gasteiger partial charge on any atom is 0.325 e. The molecule has 31 heavy (non-hydrogen) atoms. The number of fused-ring (bicyclic) bond motifs is 1. The van der Waals surface area contributed by atoms with Crippen LogP contribution in [-0.4, -0.2) is 34.4 Å². The van der Waals surface area contributed by atoms with Gasteiger partial charge in [0.25, 0.3) is 0 Å². The molecule has 1 aliphatic heterocycles. The highest BCUT2D eigenvalue weighted by atomic mass is 19.1. The number of aromatic nitrogens is 1. The summed E-state index contributed by atoms with van der Waals surface area (Å²) in [6, 6.07) is 13.2. The van der Waals surface area contributed by atoms with Gasteiger partial charge < -0.3 is 14.8 Å². The minimum atomic E-state index is -1.00. The SMILES string of the molecule is CC(Nc1c(C2=NC2)c(-c2ccc(-c3ccoc3)cc2)nc2ccc(F)cc12)C(=O)O. The van der Waals surface area contributed by atoms with Crippen molar-refractivity contribution in [3.8, 4) is 22.4 Å². The van der Waals surface area contributed by atoms with Crippen LogP contribution in [0.3, 0.4) is 0 Å². The number of furan rings is 1.